The van der Waals surface area contributed by atoms with Crippen molar-refractivity contribution in [1.82, 2.24) is 10.2 Å². The highest BCUT2D eigenvalue weighted by molar-refractivity contribution is 9.10. The van der Waals surface area contributed by atoms with Gasteiger partial charge < -0.3 is 10.2 Å². The van der Waals surface area contributed by atoms with Crippen molar-refractivity contribution in [2.24, 2.45) is 5.73 Å². The molecule has 0 spiro atoms. The summed E-state index contributed by atoms with van der Waals surface area (Å²) in [6, 6.07) is 5.95. The Balaban J connectivity index is 2.27. The minimum Gasteiger partial charge on any atom is -0.421 e. The van der Waals surface area contributed by atoms with Crippen LogP contribution in [0.1, 0.15) is 17.9 Å². The van der Waals surface area contributed by atoms with Crippen molar-refractivity contribution in [2.45, 2.75) is 19.8 Å². The zero-order valence-corrected chi connectivity index (χ0v) is 11.2. The Labute approximate surface area is 108 Å². The van der Waals surface area contributed by atoms with Crippen LogP contribution in [0.5, 0.6) is 0 Å². The van der Waals surface area contributed by atoms with Crippen molar-refractivity contribution in [3.05, 3.63) is 34.1 Å². The normalized spacial score (nSPS) is 10.8. The molecule has 1 aromatic heterocycles. The zero-order valence-electron chi connectivity index (χ0n) is 9.61. The van der Waals surface area contributed by atoms with Crippen LogP contribution in [0.4, 0.5) is 0 Å². The first-order chi connectivity index (χ1) is 8.22. The van der Waals surface area contributed by atoms with Gasteiger partial charge in [0.25, 0.3) is 0 Å². The lowest BCUT2D eigenvalue weighted by Gasteiger charge is -2.01. The number of benzene rings is 1. The van der Waals surface area contributed by atoms with Gasteiger partial charge in [0.1, 0.15) is 0 Å². The molecule has 0 aliphatic heterocycles. The summed E-state index contributed by atoms with van der Waals surface area (Å²) in [4.78, 5) is 0. The largest absolute Gasteiger partial charge is 0.421 e. The maximum atomic E-state index is 5.60. The molecule has 0 saturated carbocycles. The molecule has 0 unspecified atom stereocenters. The fourth-order valence-electron chi connectivity index (χ4n) is 1.53. The molecule has 90 valence electrons. The second-order valence-electron chi connectivity index (χ2n) is 3.83. The predicted molar refractivity (Wildman–Crippen MR) is 69.5 cm³/mol. The monoisotopic (exact) mass is 295 g/mol. The zero-order chi connectivity index (χ0) is 12.3. The van der Waals surface area contributed by atoms with E-state index >= 15 is 0 Å². The highest BCUT2D eigenvalue weighted by atomic mass is 79.9. The maximum Gasteiger partial charge on any atom is 0.248 e. The number of hydrogen-bond acceptors (Lipinski definition) is 4. The van der Waals surface area contributed by atoms with Gasteiger partial charge in [0.05, 0.1) is 5.56 Å². The topological polar surface area (TPSA) is 64.9 Å². The number of aryl methyl sites for hydroxylation is 2. The van der Waals surface area contributed by atoms with Gasteiger partial charge in [-0.3, -0.25) is 0 Å². The van der Waals surface area contributed by atoms with Crippen molar-refractivity contribution in [1.29, 1.82) is 0 Å². The number of nitrogens with zero attached hydrogens (tertiary/aromatic N) is 2. The molecule has 0 aliphatic rings. The van der Waals surface area contributed by atoms with Gasteiger partial charge in [-0.2, -0.15) is 0 Å². The predicted octanol–water partition coefficient (Wildman–Crippen LogP) is 2.70. The number of hydrogen-bond donors (Lipinski definition) is 1. The Morgan fingerprint density at radius 2 is 2.18 bits per heavy atom. The van der Waals surface area contributed by atoms with Gasteiger partial charge in [-0.15, -0.1) is 10.2 Å². The fourth-order valence-corrected chi connectivity index (χ4v) is 1.96. The highest BCUT2D eigenvalue weighted by Crippen LogP contribution is 2.29. The molecule has 0 amide bonds. The van der Waals surface area contributed by atoms with E-state index in [1.807, 2.05) is 25.1 Å². The number of nitrogens with two attached hydrogens (primary N) is 1. The van der Waals surface area contributed by atoms with E-state index in [2.05, 4.69) is 26.1 Å². The van der Waals surface area contributed by atoms with Crippen LogP contribution in [0.3, 0.4) is 0 Å². The van der Waals surface area contributed by atoms with E-state index in [0.717, 1.165) is 28.4 Å². The van der Waals surface area contributed by atoms with Crippen LogP contribution >= 0.6 is 15.9 Å². The number of halogens is 1. The summed E-state index contributed by atoms with van der Waals surface area (Å²) in [6.07, 6.45) is 1.59. The van der Waals surface area contributed by atoms with E-state index in [9.17, 15) is 0 Å². The Morgan fingerprint density at radius 1 is 1.35 bits per heavy atom. The van der Waals surface area contributed by atoms with E-state index < -0.39 is 0 Å². The van der Waals surface area contributed by atoms with Gasteiger partial charge in [0.2, 0.25) is 11.8 Å². The highest BCUT2D eigenvalue weighted by Gasteiger charge is 2.12. The SMILES string of the molecule is Cc1cccc(-c2nnc(CCCN)o2)c1Br. The summed E-state index contributed by atoms with van der Waals surface area (Å²) in [6.45, 7) is 2.66. The fraction of sp³-hybridized carbons (Fsp3) is 0.333. The first-order valence-electron chi connectivity index (χ1n) is 5.50. The van der Waals surface area contributed by atoms with Gasteiger partial charge in [0.15, 0.2) is 0 Å². The minimum absolute atomic E-state index is 0.549. The van der Waals surface area contributed by atoms with Gasteiger partial charge in [-0.1, -0.05) is 12.1 Å². The lowest BCUT2D eigenvalue weighted by molar-refractivity contribution is 0.498. The van der Waals surface area contributed by atoms with Crippen LogP contribution in [0, 0.1) is 6.92 Å². The molecule has 5 heteroatoms. The van der Waals surface area contributed by atoms with Crippen molar-refractivity contribution >= 4 is 15.9 Å². The van der Waals surface area contributed by atoms with E-state index in [0.29, 0.717) is 18.3 Å². The van der Waals surface area contributed by atoms with Gasteiger partial charge in [-0.05, 0) is 47.4 Å². The molecule has 0 bridgehead atoms. The Bertz CT molecular complexity index is 510. The molecule has 0 fully saturated rings. The summed E-state index contributed by atoms with van der Waals surface area (Å²) >= 11 is 3.53. The molecule has 2 rings (SSSR count). The molecule has 1 heterocycles. The molecule has 0 radical (unpaired) electrons. The van der Waals surface area contributed by atoms with E-state index in [1.165, 1.54) is 0 Å². The smallest absolute Gasteiger partial charge is 0.248 e. The Morgan fingerprint density at radius 3 is 2.94 bits per heavy atom. The van der Waals surface area contributed by atoms with Crippen molar-refractivity contribution < 1.29 is 4.42 Å². The van der Waals surface area contributed by atoms with Crippen LogP contribution in [0.2, 0.25) is 0 Å². The van der Waals surface area contributed by atoms with Crippen LogP contribution in [-0.4, -0.2) is 16.7 Å². The molecule has 4 nitrogen and oxygen atoms in total. The second-order valence-corrected chi connectivity index (χ2v) is 4.62. The Hall–Kier alpha value is -1.20. The minimum atomic E-state index is 0.549. The van der Waals surface area contributed by atoms with E-state index in [4.69, 9.17) is 10.2 Å². The number of aromatic nitrogens is 2. The first-order valence-corrected chi connectivity index (χ1v) is 6.29. The molecular formula is C12H14BrN3O. The molecule has 2 N–H and O–H groups in total. The average molecular weight is 296 g/mol. The summed E-state index contributed by atoms with van der Waals surface area (Å²) in [5, 5.41) is 8.06. The van der Waals surface area contributed by atoms with Crippen LogP contribution in [-0.2, 0) is 6.42 Å². The standard InChI is InChI=1S/C12H14BrN3O/c1-8-4-2-5-9(11(8)13)12-16-15-10(17-12)6-3-7-14/h2,4-5H,3,6-7,14H2,1H3. The average Bonchev–Trinajstić information content (AvgIpc) is 2.78. The molecule has 17 heavy (non-hydrogen) atoms. The maximum absolute atomic E-state index is 5.60. The third kappa shape index (κ3) is 2.73. The molecule has 0 atom stereocenters. The second kappa shape index (κ2) is 5.42. The van der Waals surface area contributed by atoms with Gasteiger partial charge >= 0.3 is 0 Å². The third-order valence-electron chi connectivity index (χ3n) is 2.48. The van der Waals surface area contributed by atoms with Crippen molar-refractivity contribution in [3.8, 4) is 11.5 Å². The van der Waals surface area contributed by atoms with E-state index in [-0.39, 0.29) is 0 Å². The van der Waals surface area contributed by atoms with Crippen molar-refractivity contribution in [3.63, 3.8) is 0 Å². The van der Waals surface area contributed by atoms with Crippen LogP contribution in [0.15, 0.2) is 27.1 Å². The van der Waals surface area contributed by atoms with Gasteiger partial charge in [-0.25, -0.2) is 0 Å². The molecular weight excluding hydrogens is 282 g/mol. The van der Waals surface area contributed by atoms with E-state index in [1.54, 1.807) is 0 Å². The Kier molecular flexibility index (Phi) is 3.91. The molecule has 2 aromatic rings. The van der Waals surface area contributed by atoms with Crippen LogP contribution < -0.4 is 5.73 Å². The van der Waals surface area contributed by atoms with Crippen molar-refractivity contribution in [2.75, 3.05) is 6.54 Å². The van der Waals surface area contributed by atoms with Gasteiger partial charge in [0, 0.05) is 10.9 Å². The molecule has 1 aromatic carbocycles. The molecule has 0 aliphatic carbocycles. The lowest BCUT2D eigenvalue weighted by atomic mass is 10.1. The quantitative estimate of drug-likeness (QED) is 0.942. The summed E-state index contributed by atoms with van der Waals surface area (Å²) < 4.78 is 6.59. The van der Waals surface area contributed by atoms with Crippen LogP contribution in [0.25, 0.3) is 11.5 Å². The first kappa shape index (κ1) is 12.3. The summed E-state index contributed by atoms with van der Waals surface area (Å²) in [5.74, 6) is 1.19. The summed E-state index contributed by atoms with van der Waals surface area (Å²) in [5.41, 5.74) is 7.51. The third-order valence-corrected chi connectivity index (χ3v) is 3.54. The number of rotatable bonds is 4. The summed E-state index contributed by atoms with van der Waals surface area (Å²) in [7, 11) is 0. The lowest BCUT2D eigenvalue weighted by Crippen LogP contribution is -2.00. The molecule has 0 saturated heterocycles.